The first-order chi connectivity index (χ1) is 12.2. The second-order valence-electron chi connectivity index (χ2n) is 5.69. The highest BCUT2D eigenvalue weighted by molar-refractivity contribution is 6.31. The zero-order valence-electron chi connectivity index (χ0n) is 14.3. The Morgan fingerprint density at radius 3 is 2.27 bits per heavy atom. The first-order valence-electron chi connectivity index (χ1n) is 7.64. The van der Waals surface area contributed by atoms with Crippen molar-refractivity contribution in [2.75, 3.05) is 14.1 Å². The Kier molecular flexibility index (Phi) is 5.92. The van der Waals surface area contributed by atoms with Crippen LogP contribution in [0.3, 0.4) is 0 Å². The second kappa shape index (κ2) is 7.78. The third-order valence-electron chi connectivity index (χ3n) is 3.59. The minimum absolute atomic E-state index is 0.00264. The van der Waals surface area contributed by atoms with Crippen LogP contribution in [-0.4, -0.2) is 29.3 Å². The van der Waals surface area contributed by atoms with Gasteiger partial charge in [-0.15, -0.1) is 0 Å². The SMILES string of the molecule is CCn1c(-c2c(F)cc(F)cc2F)c(C(=O)/C=C/N(C)C)cc(Cl)c1=O. The molecule has 2 aromatic rings. The first-order valence-corrected chi connectivity index (χ1v) is 8.02. The largest absolute Gasteiger partial charge is 0.383 e. The predicted molar refractivity (Wildman–Crippen MR) is 93.9 cm³/mol. The summed E-state index contributed by atoms with van der Waals surface area (Å²) >= 11 is 5.90. The molecule has 1 heterocycles. The van der Waals surface area contributed by atoms with Gasteiger partial charge in [-0.05, 0) is 13.0 Å². The predicted octanol–water partition coefficient (Wildman–Crippen LogP) is 3.86. The molecule has 0 bridgehead atoms. The van der Waals surface area contributed by atoms with E-state index < -0.39 is 34.4 Å². The van der Waals surface area contributed by atoms with E-state index in [9.17, 15) is 22.8 Å². The van der Waals surface area contributed by atoms with E-state index in [1.165, 1.54) is 12.3 Å². The summed E-state index contributed by atoms with van der Waals surface area (Å²) in [7, 11) is 3.37. The van der Waals surface area contributed by atoms with E-state index in [0.717, 1.165) is 10.6 Å². The zero-order valence-corrected chi connectivity index (χ0v) is 15.1. The van der Waals surface area contributed by atoms with Crippen LogP contribution in [0, 0.1) is 17.5 Å². The number of ketones is 1. The molecule has 0 radical (unpaired) electrons. The smallest absolute Gasteiger partial charge is 0.269 e. The number of hydrogen-bond acceptors (Lipinski definition) is 3. The van der Waals surface area contributed by atoms with E-state index in [-0.39, 0.29) is 22.8 Å². The number of halogens is 4. The monoisotopic (exact) mass is 384 g/mol. The Bertz CT molecular complexity index is 929. The maximum atomic E-state index is 14.3. The summed E-state index contributed by atoms with van der Waals surface area (Å²) < 4.78 is 42.9. The summed E-state index contributed by atoms with van der Waals surface area (Å²) in [6.45, 7) is 1.56. The molecule has 0 spiro atoms. The topological polar surface area (TPSA) is 42.3 Å². The Balaban J connectivity index is 2.89. The van der Waals surface area contributed by atoms with Gasteiger partial charge in [-0.1, -0.05) is 11.6 Å². The van der Waals surface area contributed by atoms with Gasteiger partial charge in [0.05, 0.1) is 11.3 Å². The molecule has 0 aliphatic heterocycles. The molecule has 26 heavy (non-hydrogen) atoms. The van der Waals surface area contributed by atoms with Crippen LogP contribution in [0.4, 0.5) is 13.2 Å². The lowest BCUT2D eigenvalue weighted by atomic mass is 10.0. The minimum Gasteiger partial charge on any atom is -0.383 e. The van der Waals surface area contributed by atoms with Crippen molar-refractivity contribution in [3.8, 4) is 11.3 Å². The summed E-state index contributed by atoms with van der Waals surface area (Å²) in [5.74, 6) is -4.17. The molecule has 138 valence electrons. The Morgan fingerprint density at radius 2 is 1.77 bits per heavy atom. The normalized spacial score (nSPS) is 11.2. The molecule has 0 amide bonds. The van der Waals surface area contributed by atoms with E-state index in [4.69, 9.17) is 11.6 Å². The van der Waals surface area contributed by atoms with Crippen LogP contribution in [0.2, 0.25) is 5.02 Å². The van der Waals surface area contributed by atoms with Crippen molar-refractivity contribution in [1.82, 2.24) is 9.47 Å². The Hall–Kier alpha value is -2.54. The average molecular weight is 385 g/mol. The van der Waals surface area contributed by atoms with Crippen molar-refractivity contribution in [3.63, 3.8) is 0 Å². The molecule has 0 saturated heterocycles. The third kappa shape index (κ3) is 3.83. The molecule has 0 atom stereocenters. The van der Waals surface area contributed by atoms with Crippen molar-refractivity contribution in [1.29, 1.82) is 0 Å². The van der Waals surface area contributed by atoms with Gasteiger partial charge in [-0.2, -0.15) is 0 Å². The molecular formula is C18H16ClF3N2O2. The number of carbonyl (C=O) groups is 1. The first kappa shape index (κ1) is 19.8. The lowest BCUT2D eigenvalue weighted by Crippen LogP contribution is -2.25. The van der Waals surface area contributed by atoms with E-state index in [1.807, 2.05) is 0 Å². The molecule has 0 unspecified atom stereocenters. The average Bonchev–Trinajstić information content (AvgIpc) is 2.54. The molecular weight excluding hydrogens is 369 g/mol. The molecule has 0 aliphatic rings. The number of aromatic nitrogens is 1. The second-order valence-corrected chi connectivity index (χ2v) is 6.10. The van der Waals surface area contributed by atoms with Gasteiger partial charge in [-0.25, -0.2) is 13.2 Å². The molecule has 2 rings (SSSR count). The maximum absolute atomic E-state index is 14.3. The van der Waals surface area contributed by atoms with Crippen molar-refractivity contribution >= 4 is 17.4 Å². The quantitative estimate of drug-likeness (QED) is 0.580. The molecule has 4 nitrogen and oxygen atoms in total. The van der Waals surface area contributed by atoms with E-state index in [2.05, 4.69) is 0 Å². The maximum Gasteiger partial charge on any atom is 0.269 e. The lowest BCUT2D eigenvalue weighted by molar-refractivity contribution is 0.104. The Morgan fingerprint density at radius 1 is 1.19 bits per heavy atom. The van der Waals surface area contributed by atoms with Crippen LogP contribution in [0.25, 0.3) is 11.3 Å². The van der Waals surface area contributed by atoms with Gasteiger partial charge >= 0.3 is 0 Å². The summed E-state index contributed by atoms with van der Waals surface area (Å²) in [6.07, 6.45) is 2.62. The standard InChI is InChI=1S/C18H16ClF3N2O2/c1-4-24-17(16-13(21)7-10(20)8-14(16)22)11(9-12(19)18(24)26)15(25)5-6-23(2)3/h5-9H,4H2,1-3H3/b6-5+. The molecule has 0 fully saturated rings. The van der Waals surface area contributed by atoms with Gasteiger partial charge in [0, 0.05) is 50.6 Å². The van der Waals surface area contributed by atoms with Crippen LogP contribution >= 0.6 is 11.6 Å². The van der Waals surface area contributed by atoms with Gasteiger partial charge in [-0.3, -0.25) is 9.59 Å². The molecule has 0 saturated carbocycles. The van der Waals surface area contributed by atoms with Crippen molar-refractivity contribution in [2.45, 2.75) is 13.5 Å². The van der Waals surface area contributed by atoms with E-state index in [0.29, 0.717) is 12.1 Å². The fourth-order valence-corrected chi connectivity index (χ4v) is 2.68. The zero-order chi connectivity index (χ0) is 19.6. The molecule has 0 N–H and O–H groups in total. The number of benzene rings is 1. The Labute approximate surface area is 153 Å². The minimum atomic E-state index is -1.22. The fourth-order valence-electron chi connectivity index (χ4n) is 2.47. The highest BCUT2D eigenvalue weighted by atomic mass is 35.5. The van der Waals surface area contributed by atoms with Gasteiger partial charge < -0.3 is 9.47 Å². The number of pyridine rings is 1. The van der Waals surface area contributed by atoms with Gasteiger partial charge in [0.25, 0.3) is 5.56 Å². The van der Waals surface area contributed by atoms with Crippen LogP contribution in [0.15, 0.2) is 35.3 Å². The number of rotatable bonds is 5. The van der Waals surface area contributed by atoms with Crippen LogP contribution in [0.5, 0.6) is 0 Å². The summed E-state index contributed by atoms with van der Waals surface area (Å²) in [5.41, 5.74) is -1.83. The lowest BCUT2D eigenvalue weighted by Gasteiger charge is -2.17. The number of allylic oxidation sites excluding steroid dienone is 1. The molecule has 0 aliphatic carbocycles. The van der Waals surface area contributed by atoms with Gasteiger partial charge in [0.2, 0.25) is 0 Å². The highest BCUT2D eigenvalue weighted by Gasteiger charge is 2.24. The third-order valence-corrected chi connectivity index (χ3v) is 3.87. The van der Waals surface area contributed by atoms with E-state index in [1.54, 1.807) is 25.9 Å². The van der Waals surface area contributed by atoms with E-state index >= 15 is 0 Å². The van der Waals surface area contributed by atoms with Gasteiger partial charge in [0.15, 0.2) is 5.78 Å². The van der Waals surface area contributed by atoms with Gasteiger partial charge in [0.1, 0.15) is 22.5 Å². The number of nitrogens with zero attached hydrogens (tertiary/aromatic N) is 2. The molecule has 8 heteroatoms. The highest BCUT2D eigenvalue weighted by Crippen LogP contribution is 2.31. The van der Waals surface area contributed by atoms with Crippen LogP contribution < -0.4 is 5.56 Å². The van der Waals surface area contributed by atoms with Crippen LogP contribution in [-0.2, 0) is 6.54 Å². The summed E-state index contributed by atoms with van der Waals surface area (Å²) in [5, 5.41) is -0.264. The van der Waals surface area contributed by atoms with Crippen molar-refractivity contribution in [3.05, 3.63) is 68.9 Å². The number of carbonyl (C=O) groups excluding carboxylic acids is 1. The summed E-state index contributed by atoms with van der Waals surface area (Å²) in [6, 6.07) is 2.04. The molecule has 1 aromatic heterocycles. The molecule has 1 aromatic carbocycles. The number of hydrogen-bond donors (Lipinski definition) is 0. The fraction of sp³-hybridized carbons (Fsp3) is 0.222. The van der Waals surface area contributed by atoms with Crippen LogP contribution in [0.1, 0.15) is 17.3 Å². The van der Waals surface area contributed by atoms with Crippen molar-refractivity contribution < 1.29 is 18.0 Å². The van der Waals surface area contributed by atoms with Crippen molar-refractivity contribution in [2.24, 2.45) is 0 Å². The summed E-state index contributed by atoms with van der Waals surface area (Å²) in [4.78, 5) is 26.4.